The number of aromatic nitrogens is 1. The molecule has 5 nitrogen and oxygen atoms in total. The molecule has 1 aromatic carbocycles. The van der Waals surface area contributed by atoms with Crippen LogP contribution in [0.3, 0.4) is 0 Å². The summed E-state index contributed by atoms with van der Waals surface area (Å²) in [5.41, 5.74) is 4.71. The zero-order valence-electron chi connectivity index (χ0n) is 14.5. The molecule has 0 aliphatic carbocycles. The number of carbonyl (C=O) groups excluding carboxylic acids is 1. The Bertz CT molecular complexity index is 888. The van der Waals surface area contributed by atoms with Gasteiger partial charge in [0.1, 0.15) is 11.4 Å². The van der Waals surface area contributed by atoms with Gasteiger partial charge in [0.05, 0.1) is 12.3 Å². The number of rotatable bonds is 6. The van der Waals surface area contributed by atoms with Crippen LogP contribution in [0.2, 0.25) is 0 Å². The Morgan fingerprint density at radius 2 is 2.00 bits per heavy atom. The summed E-state index contributed by atoms with van der Waals surface area (Å²) in [6.07, 6.45) is 3.36. The summed E-state index contributed by atoms with van der Waals surface area (Å²) in [4.78, 5) is 17.3. The fourth-order valence-corrected chi connectivity index (χ4v) is 2.89. The van der Waals surface area contributed by atoms with Gasteiger partial charge in [-0.15, -0.1) is 11.3 Å². The fourth-order valence-electron chi connectivity index (χ4n) is 2.31. The lowest BCUT2D eigenvalue weighted by molar-refractivity contribution is 0.0950. The van der Waals surface area contributed by atoms with Crippen molar-refractivity contribution in [3.63, 3.8) is 0 Å². The standard InChI is InChI=1S/C20H19N3O2S/c1-14(2)25-17-7-5-15(6-8-17)16-9-10-21-19(12-16)20(24)23-22-13-18-4-3-11-26-18/h3-14H,1-2H3,(H,23,24). The molecule has 0 fully saturated rings. The van der Waals surface area contributed by atoms with E-state index in [1.54, 1.807) is 29.8 Å². The van der Waals surface area contributed by atoms with E-state index in [2.05, 4.69) is 15.5 Å². The van der Waals surface area contributed by atoms with Crippen LogP contribution in [0.15, 0.2) is 65.2 Å². The summed E-state index contributed by atoms with van der Waals surface area (Å²) in [6.45, 7) is 3.98. The molecular weight excluding hydrogens is 346 g/mol. The molecule has 26 heavy (non-hydrogen) atoms. The molecule has 0 atom stereocenters. The molecule has 2 aromatic heterocycles. The fraction of sp³-hybridized carbons (Fsp3) is 0.150. The molecule has 3 rings (SSSR count). The summed E-state index contributed by atoms with van der Waals surface area (Å²) in [5, 5.41) is 5.91. The van der Waals surface area contributed by atoms with Crippen LogP contribution in [0.5, 0.6) is 5.75 Å². The first-order valence-electron chi connectivity index (χ1n) is 8.22. The first-order valence-corrected chi connectivity index (χ1v) is 9.10. The number of benzene rings is 1. The van der Waals surface area contributed by atoms with Gasteiger partial charge in [0.2, 0.25) is 0 Å². The summed E-state index contributed by atoms with van der Waals surface area (Å²) in [6, 6.07) is 15.2. The lowest BCUT2D eigenvalue weighted by Crippen LogP contribution is -2.18. The predicted molar refractivity (Wildman–Crippen MR) is 105 cm³/mol. The number of nitrogens with zero attached hydrogens (tertiary/aromatic N) is 2. The molecule has 3 aromatic rings. The Morgan fingerprint density at radius 3 is 2.69 bits per heavy atom. The van der Waals surface area contributed by atoms with E-state index < -0.39 is 0 Å². The smallest absolute Gasteiger partial charge is 0.289 e. The van der Waals surface area contributed by atoms with Gasteiger partial charge in [0, 0.05) is 11.1 Å². The zero-order valence-corrected chi connectivity index (χ0v) is 15.4. The van der Waals surface area contributed by atoms with Crippen LogP contribution in [-0.4, -0.2) is 23.2 Å². The van der Waals surface area contributed by atoms with Gasteiger partial charge in [-0.3, -0.25) is 9.78 Å². The minimum atomic E-state index is -0.348. The van der Waals surface area contributed by atoms with Gasteiger partial charge in [-0.1, -0.05) is 18.2 Å². The molecule has 0 saturated heterocycles. The van der Waals surface area contributed by atoms with Crippen molar-refractivity contribution < 1.29 is 9.53 Å². The lowest BCUT2D eigenvalue weighted by Gasteiger charge is -2.10. The number of amides is 1. The largest absolute Gasteiger partial charge is 0.491 e. The van der Waals surface area contributed by atoms with Crippen molar-refractivity contribution in [2.24, 2.45) is 5.10 Å². The second-order valence-corrected chi connectivity index (χ2v) is 6.81. The minimum Gasteiger partial charge on any atom is -0.491 e. The van der Waals surface area contributed by atoms with Crippen molar-refractivity contribution in [2.45, 2.75) is 20.0 Å². The number of thiophene rings is 1. The second kappa shape index (κ2) is 8.40. The highest BCUT2D eigenvalue weighted by Gasteiger charge is 2.08. The van der Waals surface area contributed by atoms with Crippen molar-refractivity contribution in [2.75, 3.05) is 0 Å². The van der Waals surface area contributed by atoms with Gasteiger partial charge in [0.15, 0.2) is 0 Å². The second-order valence-electron chi connectivity index (χ2n) is 5.84. The summed E-state index contributed by atoms with van der Waals surface area (Å²) in [5.74, 6) is 0.470. The maximum Gasteiger partial charge on any atom is 0.289 e. The van der Waals surface area contributed by atoms with Crippen LogP contribution in [0, 0.1) is 0 Å². The molecule has 0 aliphatic rings. The Labute approximate surface area is 156 Å². The number of hydrazone groups is 1. The van der Waals surface area contributed by atoms with Gasteiger partial charge < -0.3 is 4.74 Å². The average molecular weight is 365 g/mol. The quantitative estimate of drug-likeness (QED) is 0.521. The minimum absolute atomic E-state index is 0.131. The van der Waals surface area contributed by atoms with E-state index in [0.717, 1.165) is 21.8 Å². The molecule has 1 amide bonds. The van der Waals surface area contributed by atoms with Gasteiger partial charge >= 0.3 is 0 Å². The first-order chi connectivity index (χ1) is 12.6. The van der Waals surface area contributed by atoms with Crippen molar-refractivity contribution in [3.8, 4) is 16.9 Å². The van der Waals surface area contributed by atoms with Gasteiger partial charge in [-0.2, -0.15) is 5.10 Å². The van der Waals surface area contributed by atoms with Crippen LogP contribution in [0.1, 0.15) is 29.2 Å². The Hall–Kier alpha value is -2.99. The number of hydrogen-bond acceptors (Lipinski definition) is 5. The SMILES string of the molecule is CC(C)Oc1ccc(-c2ccnc(C(=O)NN=Cc3cccs3)c2)cc1. The maximum absolute atomic E-state index is 12.2. The van der Waals surface area contributed by atoms with E-state index in [-0.39, 0.29) is 12.0 Å². The third-order valence-electron chi connectivity index (χ3n) is 3.45. The lowest BCUT2D eigenvalue weighted by atomic mass is 10.1. The van der Waals surface area contributed by atoms with Crippen molar-refractivity contribution in [3.05, 3.63) is 70.7 Å². The molecule has 0 unspecified atom stereocenters. The maximum atomic E-state index is 12.2. The van der Waals surface area contributed by atoms with Gasteiger partial charge in [0.25, 0.3) is 5.91 Å². The molecule has 0 saturated carbocycles. The van der Waals surface area contributed by atoms with Gasteiger partial charge in [-0.05, 0) is 60.7 Å². The van der Waals surface area contributed by atoms with Crippen LogP contribution in [0.25, 0.3) is 11.1 Å². The molecule has 6 heteroatoms. The van der Waals surface area contributed by atoms with Crippen molar-refractivity contribution in [1.29, 1.82) is 0 Å². The summed E-state index contributed by atoms with van der Waals surface area (Å²) < 4.78 is 5.65. The topological polar surface area (TPSA) is 63.6 Å². The Balaban J connectivity index is 1.70. The van der Waals surface area contributed by atoms with Crippen LogP contribution < -0.4 is 10.2 Å². The van der Waals surface area contributed by atoms with E-state index in [1.165, 1.54) is 0 Å². The molecule has 0 spiro atoms. The number of hydrogen-bond donors (Lipinski definition) is 1. The third-order valence-corrected chi connectivity index (χ3v) is 4.26. The molecule has 0 bridgehead atoms. The monoisotopic (exact) mass is 365 g/mol. The number of ether oxygens (including phenoxy) is 1. The third kappa shape index (κ3) is 4.77. The summed E-state index contributed by atoms with van der Waals surface area (Å²) >= 11 is 1.55. The highest BCUT2D eigenvalue weighted by Crippen LogP contribution is 2.23. The van der Waals surface area contributed by atoms with Crippen LogP contribution in [0.4, 0.5) is 0 Å². The van der Waals surface area contributed by atoms with Crippen molar-refractivity contribution >= 4 is 23.5 Å². The van der Waals surface area contributed by atoms with E-state index in [0.29, 0.717) is 5.69 Å². The average Bonchev–Trinajstić information content (AvgIpc) is 3.15. The molecule has 0 aliphatic heterocycles. The van der Waals surface area contributed by atoms with Crippen LogP contribution >= 0.6 is 11.3 Å². The molecule has 2 heterocycles. The number of nitrogens with one attached hydrogen (secondary N) is 1. The van der Waals surface area contributed by atoms with E-state index in [9.17, 15) is 4.79 Å². The first kappa shape index (κ1) is 17.8. The highest BCUT2D eigenvalue weighted by atomic mass is 32.1. The highest BCUT2D eigenvalue weighted by molar-refractivity contribution is 7.11. The number of pyridine rings is 1. The summed E-state index contributed by atoms with van der Waals surface area (Å²) in [7, 11) is 0. The Kier molecular flexibility index (Phi) is 5.76. The van der Waals surface area contributed by atoms with Gasteiger partial charge in [-0.25, -0.2) is 5.43 Å². The van der Waals surface area contributed by atoms with E-state index in [4.69, 9.17) is 4.74 Å². The van der Waals surface area contributed by atoms with E-state index in [1.807, 2.05) is 61.7 Å². The predicted octanol–water partition coefficient (Wildman–Crippen LogP) is 4.36. The normalized spacial score (nSPS) is 11.0. The van der Waals surface area contributed by atoms with Crippen molar-refractivity contribution in [1.82, 2.24) is 10.4 Å². The molecule has 132 valence electrons. The Morgan fingerprint density at radius 1 is 1.19 bits per heavy atom. The molecule has 1 N–H and O–H groups in total. The van der Waals surface area contributed by atoms with E-state index >= 15 is 0 Å². The molecule has 0 radical (unpaired) electrons. The van der Waals surface area contributed by atoms with Crippen LogP contribution in [-0.2, 0) is 0 Å². The zero-order chi connectivity index (χ0) is 18.4. The molecular formula is C20H19N3O2S. The number of carbonyl (C=O) groups is 1.